The average Bonchev–Trinajstić information content (AvgIpc) is 2.73. The Balaban J connectivity index is 1.81. The van der Waals surface area contributed by atoms with E-state index >= 15 is 0 Å². The van der Waals surface area contributed by atoms with Crippen LogP contribution in [0.15, 0.2) is 12.3 Å². The second kappa shape index (κ2) is 6.41. The van der Waals surface area contributed by atoms with Gasteiger partial charge in [-0.3, -0.25) is 0 Å². The van der Waals surface area contributed by atoms with Crippen LogP contribution in [0.25, 0.3) is 0 Å². The molecule has 2 fully saturated rings. The molecule has 10 atom stereocenters. The topological polar surface area (TPSA) is 169 Å². The highest BCUT2D eigenvalue weighted by molar-refractivity contribution is 5.21. The molecule has 1 saturated heterocycles. The lowest BCUT2D eigenvalue weighted by Crippen LogP contribution is -2.61. The van der Waals surface area contributed by atoms with Crippen LogP contribution in [-0.4, -0.2) is 96.7 Å². The van der Waals surface area contributed by atoms with Gasteiger partial charge in [0.15, 0.2) is 6.29 Å². The van der Waals surface area contributed by atoms with Gasteiger partial charge in [0.1, 0.15) is 30.0 Å². The monoisotopic (exact) mass is 364 g/mol. The zero-order chi connectivity index (χ0) is 18.6. The molecule has 10 nitrogen and oxygen atoms in total. The molecule has 0 aromatic rings. The first-order valence-corrected chi connectivity index (χ1v) is 8.04. The Morgan fingerprint density at radius 2 is 1.76 bits per heavy atom. The molecule has 144 valence electrons. The zero-order valence-electron chi connectivity index (χ0n) is 13.5. The minimum atomic E-state index is -1.81. The molecule has 2 aliphatic heterocycles. The van der Waals surface area contributed by atoms with E-state index in [9.17, 15) is 35.7 Å². The molecule has 3 rings (SSSR count). The van der Waals surface area contributed by atoms with E-state index in [-0.39, 0.29) is 6.42 Å². The quantitative estimate of drug-likeness (QED) is 0.267. The van der Waals surface area contributed by atoms with E-state index in [1.807, 2.05) is 0 Å². The van der Waals surface area contributed by atoms with Gasteiger partial charge in [-0.25, -0.2) is 0 Å². The van der Waals surface area contributed by atoms with Crippen molar-refractivity contribution >= 4 is 0 Å². The smallest absolute Gasteiger partial charge is 0.210 e. The molecule has 8 unspecified atom stereocenters. The predicted molar refractivity (Wildman–Crippen MR) is 78.6 cm³/mol. The molecule has 1 saturated carbocycles. The lowest BCUT2D eigenvalue weighted by molar-refractivity contribution is -0.351. The van der Waals surface area contributed by atoms with Crippen molar-refractivity contribution in [2.45, 2.75) is 67.6 Å². The van der Waals surface area contributed by atoms with Crippen molar-refractivity contribution in [3.05, 3.63) is 12.3 Å². The van der Waals surface area contributed by atoms with E-state index in [2.05, 4.69) is 0 Å². The molecular weight excluding hydrogens is 340 g/mol. The average molecular weight is 364 g/mol. The van der Waals surface area contributed by atoms with Gasteiger partial charge >= 0.3 is 0 Å². The predicted octanol–water partition coefficient (Wildman–Crippen LogP) is -3.46. The van der Waals surface area contributed by atoms with Crippen molar-refractivity contribution < 1.29 is 50.0 Å². The van der Waals surface area contributed by atoms with Gasteiger partial charge in [-0.15, -0.1) is 0 Å². The number of ether oxygens (including phenoxy) is 3. The highest BCUT2D eigenvalue weighted by atomic mass is 16.8. The molecule has 0 aromatic heterocycles. The molecule has 25 heavy (non-hydrogen) atoms. The second-order valence-electron chi connectivity index (χ2n) is 7.08. The van der Waals surface area contributed by atoms with Crippen LogP contribution in [0.2, 0.25) is 0 Å². The summed E-state index contributed by atoms with van der Waals surface area (Å²) in [6.45, 7) is 0.783. The van der Waals surface area contributed by atoms with Gasteiger partial charge in [-0.05, 0) is 13.0 Å². The normalized spacial score (nSPS) is 55.7. The molecule has 10 heteroatoms. The number of hydrogen-bond acceptors (Lipinski definition) is 10. The van der Waals surface area contributed by atoms with Crippen LogP contribution in [-0.2, 0) is 14.2 Å². The Labute approximate surface area is 143 Å². The van der Waals surface area contributed by atoms with Crippen LogP contribution in [0.5, 0.6) is 0 Å². The number of rotatable bonds is 3. The molecular formula is C15H24O10. The van der Waals surface area contributed by atoms with Crippen LogP contribution in [0.1, 0.15) is 13.3 Å². The summed E-state index contributed by atoms with van der Waals surface area (Å²) in [4.78, 5) is 0. The van der Waals surface area contributed by atoms with Gasteiger partial charge in [0, 0.05) is 6.42 Å². The van der Waals surface area contributed by atoms with E-state index < -0.39 is 66.8 Å². The highest BCUT2D eigenvalue weighted by Gasteiger charge is 2.64. The maximum Gasteiger partial charge on any atom is 0.210 e. The Kier molecular flexibility index (Phi) is 4.86. The third-order valence-corrected chi connectivity index (χ3v) is 5.25. The van der Waals surface area contributed by atoms with Crippen molar-refractivity contribution in [2.75, 3.05) is 6.61 Å². The summed E-state index contributed by atoms with van der Waals surface area (Å²) in [5, 5.41) is 70.2. The van der Waals surface area contributed by atoms with Crippen LogP contribution in [0.3, 0.4) is 0 Å². The van der Waals surface area contributed by atoms with E-state index in [1.54, 1.807) is 0 Å². The third-order valence-electron chi connectivity index (χ3n) is 5.25. The first-order valence-electron chi connectivity index (χ1n) is 8.04. The summed E-state index contributed by atoms with van der Waals surface area (Å²) in [6, 6.07) is 0. The summed E-state index contributed by atoms with van der Waals surface area (Å²) in [5.74, 6) is -1.10. The van der Waals surface area contributed by atoms with Gasteiger partial charge in [0.25, 0.3) is 0 Å². The number of aliphatic hydroxyl groups excluding tert-OH is 5. The summed E-state index contributed by atoms with van der Waals surface area (Å²) < 4.78 is 16.0. The summed E-state index contributed by atoms with van der Waals surface area (Å²) in [6.07, 6.45) is -7.87. The molecule has 7 N–H and O–H groups in total. The molecule has 2 heterocycles. The maximum absolute atomic E-state index is 10.7. The SMILES string of the molecule is C[C@]1(O)CC(O)[C@]2(O)C=COC(OC3OC(CO)C(O)C(O)C3O)C21. The van der Waals surface area contributed by atoms with Crippen molar-refractivity contribution in [1.82, 2.24) is 0 Å². The summed E-state index contributed by atoms with van der Waals surface area (Å²) in [7, 11) is 0. The van der Waals surface area contributed by atoms with E-state index in [0.29, 0.717) is 0 Å². The van der Waals surface area contributed by atoms with Crippen LogP contribution >= 0.6 is 0 Å². The molecule has 0 bridgehead atoms. The molecule has 1 aliphatic carbocycles. The second-order valence-corrected chi connectivity index (χ2v) is 7.08. The molecule has 0 aromatic carbocycles. The fraction of sp³-hybridized carbons (Fsp3) is 0.867. The fourth-order valence-electron chi connectivity index (χ4n) is 3.84. The number of aliphatic hydroxyl groups is 7. The van der Waals surface area contributed by atoms with Gasteiger partial charge in [-0.1, -0.05) is 0 Å². The Hall–Kier alpha value is -0.820. The van der Waals surface area contributed by atoms with Crippen molar-refractivity contribution in [3.63, 3.8) is 0 Å². The Bertz CT molecular complexity index is 522. The minimum Gasteiger partial charge on any atom is -0.472 e. The Morgan fingerprint density at radius 3 is 2.40 bits per heavy atom. The van der Waals surface area contributed by atoms with E-state index in [0.717, 1.165) is 6.26 Å². The van der Waals surface area contributed by atoms with E-state index in [1.165, 1.54) is 13.0 Å². The zero-order valence-corrected chi connectivity index (χ0v) is 13.5. The van der Waals surface area contributed by atoms with Gasteiger partial charge in [-0.2, -0.15) is 0 Å². The molecule has 0 spiro atoms. The van der Waals surface area contributed by atoms with Crippen LogP contribution in [0, 0.1) is 5.92 Å². The van der Waals surface area contributed by atoms with Gasteiger partial charge in [0.2, 0.25) is 6.29 Å². The number of hydrogen-bond donors (Lipinski definition) is 7. The lowest BCUT2D eigenvalue weighted by Gasteiger charge is -2.45. The fourth-order valence-corrected chi connectivity index (χ4v) is 3.84. The standard InChI is InChI=1S/C15H24O10/c1-14(21)4-7(17)15(22)2-3-23-13(11(14)15)25-12-10(20)9(19)8(18)6(5-16)24-12/h2-3,6-13,16-22H,4-5H2,1H3/t6?,7?,8?,9?,10?,11?,12?,13?,14-,15+/m0/s1. The van der Waals surface area contributed by atoms with Crippen LogP contribution < -0.4 is 0 Å². The summed E-state index contributed by atoms with van der Waals surface area (Å²) >= 11 is 0. The molecule has 0 amide bonds. The highest BCUT2D eigenvalue weighted by Crippen LogP contribution is 2.49. The molecule has 3 aliphatic rings. The minimum absolute atomic E-state index is 0.129. The first kappa shape index (κ1) is 19.0. The van der Waals surface area contributed by atoms with Crippen molar-refractivity contribution in [3.8, 4) is 0 Å². The largest absolute Gasteiger partial charge is 0.472 e. The summed E-state index contributed by atoms with van der Waals surface area (Å²) in [5.41, 5.74) is -3.35. The number of fused-ring (bicyclic) bond motifs is 1. The first-order chi connectivity index (χ1) is 11.6. The molecule has 0 radical (unpaired) electrons. The maximum atomic E-state index is 10.7. The van der Waals surface area contributed by atoms with Crippen molar-refractivity contribution in [1.29, 1.82) is 0 Å². The van der Waals surface area contributed by atoms with E-state index in [4.69, 9.17) is 14.2 Å². The van der Waals surface area contributed by atoms with Gasteiger partial charge in [0.05, 0.1) is 30.5 Å². The van der Waals surface area contributed by atoms with Crippen molar-refractivity contribution in [2.24, 2.45) is 5.92 Å². The Morgan fingerprint density at radius 1 is 1.08 bits per heavy atom. The van der Waals surface area contributed by atoms with Gasteiger partial charge < -0.3 is 50.0 Å². The lowest BCUT2D eigenvalue weighted by atomic mass is 9.81. The van der Waals surface area contributed by atoms with Crippen LogP contribution in [0.4, 0.5) is 0 Å². The third kappa shape index (κ3) is 2.97.